The van der Waals surface area contributed by atoms with E-state index in [0.717, 1.165) is 25.7 Å². The van der Waals surface area contributed by atoms with Gasteiger partial charge in [-0.05, 0) is 19.4 Å². The molecule has 0 heterocycles. The molecule has 62 valence electrons. The Bertz CT molecular complexity index is 171. The lowest BCUT2D eigenvalue weighted by Crippen LogP contribution is -2.13. The summed E-state index contributed by atoms with van der Waals surface area (Å²) in [5.41, 5.74) is 0.213. The number of nitro groups is 1. The Balaban J connectivity index is 2.45. The van der Waals surface area contributed by atoms with E-state index >= 15 is 0 Å². The Morgan fingerprint density at radius 2 is 1.91 bits per heavy atom. The van der Waals surface area contributed by atoms with E-state index in [1.807, 2.05) is 0 Å². The summed E-state index contributed by atoms with van der Waals surface area (Å²) in [5.74, 6) is 0.152. The molecule has 1 saturated carbocycles. The molecule has 0 aromatic carbocycles. The largest absolute Gasteiger partial charge is 0.259 e. The van der Waals surface area contributed by atoms with Gasteiger partial charge in [0.05, 0.1) is 4.92 Å². The van der Waals surface area contributed by atoms with Gasteiger partial charge in [-0.15, -0.1) is 0 Å². The molecule has 0 unspecified atom stereocenters. The van der Waals surface area contributed by atoms with Gasteiger partial charge in [0.1, 0.15) is 0 Å². The van der Waals surface area contributed by atoms with Crippen molar-refractivity contribution in [3.63, 3.8) is 0 Å². The van der Waals surface area contributed by atoms with E-state index in [0.29, 0.717) is 0 Å². The van der Waals surface area contributed by atoms with Crippen molar-refractivity contribution in [2.24, 2.45) is 5.92 Å². The first-order valence-electron chi connectivity index (χ1n) is 4.05. The lowest BCUT2D eigenvalue weighted by atomic mass is 9.87. The number of hydrogen-bond acceptors (Lipinski definition) is 2. The topological polar surface area (TPSA) is 43.1 Å². The summed E-state index contributed by atoms with van der Waals surface area (Å²) in [6.07, 6.45) is 5.39. The molecule has 0 aliphatic heterocycles. The number of allylic oxidation sites excluding steroid dienone is 1. The second-order valence-corrected chi connectivity index (χ2v) is 3.08. The van der Waals surface area contributed by atoms with Crippen molar-refractivity contribution < 1.29 is 4.92 Å². The average molecular weight is 155 g/mol. The van der Waals surface area contributed by atoms with Gasteiger partial charge in [0.15, 0.2) is 0 Å². The zero-order chi connectivity index (χ0) is 8.27. The Kier molecular flexibility index (Phi) is 2.63. The molecule has 0 N–H and O–H groups in total. The van der Waals surface area contributed by atoms with Crippen molar-refractivity contribution in [1.82, 2.24) is 0 Å². The first-order chi connectivity index (χ1) is 5.22. The highest BCUT2D eigenvalue weighted by Crippen LogP contribution is 2.28. The molecule has 0 radical (unpaired) electrons. The number of nitrogens with zero attached hydrogens (tertiary/aromatic N) is 1. The fraction of sp³-hybridized carbons (Fsp3) is 0.750. The third kappa shape index (κ3) is 2.03. The van der Waals surface area contributed by atoms with Crippen LogP contribution in [-0.4, -0.2) is 4.92 Å². The van der Waals surface area contributed by atoms with Gasteiger partial charge in [0, 0.05) is 5.92 Å². The van der Waals surface area contributed by atoms with Crippen molar-refractivity contribution >= 4 is 0 Å². The maximum absolute atomic E-state index is 10.3. The summed E-state index contributed by atoms with van der Waals surface area (Å²) < 4.78 is 0. The van der Waals surface area contributed by atoms with Crippen LogP contribution in [0.2, 0.25) is 0 Å². The Labute approximate surface area is 66.3 Å². The van der Waals surface area contributed by atoms with Crippen LogP contribution >= 0.6 is 0 Å². The first-order valence-corrected chi connectivity index (χ1v) is 4.05. The van der Waals surface area contributed by atoms with Crippen molar-refractivity contribution in [3.8, 4) is 0 Å². The normalized spacial score (nSPS) is 19.6. The Morgan fingerprint density at radius 3 is 2.36 bits per heavy atom. The van der Waals surface area contributed by atoms with Crippen LogP contribution in [0.25, 0.3) is 0 Å². The third-order valence-electron chi connectivity index (χ3n) is 2.31. The molecule has 0 spiro atoms. The summed E-state index contributed by atoms with van der Waals surface area (Å²) >= 11 is 0. The predicted molar refractivity (Wildman–Crippen MR) is 42.7 cm³/mol. The van der Waals surface area contributed by atoms with Gasteiger partial charge >= 0.3 is 0 Å². The van der Waals surface area contributed by atoms with Crippen LogP contribution in [0, 0.1) is 16.0 Å². The average Bonchev–Trinajstić information content (AvgIpc) is 2.05. The fourth-order valence-corrected chi connectivity index (χ4v) is 1.58. The van der Waals surface area contributed by atoms with Gasteiger partial charge in [-0.2, -0.15) is 0 Å². The maximum atomic E-state index is 10.3. The van der Waals surface area contributed by atoms with Gasteiger partial charge in [-0.1, -0.05) is 19.3 Å². The summed E-state index contributed by atoms with van der Waals surface area (Å²) in [6.45, 7) is 3.48. The predicted octanol–water partition coefficient (Wildman–Crippen LogP) is 2.36. The highest BCUT2D eigenvalue weighted by molar-refractivity contribution is 4.90. The molecule has 0 aromatic rings. The van der Waals surface area contributed by atoms with Crippen LogP contribution in [0.1, 0.15) is 32.1 Å². The highest BCUT2D eigenvalue weighted by atomic mass is 16.6. The monoisotopic (exact) mass is 155 g/mol. The van der Waals surface area contributed by atoms with Gasteiger partial charge in [0.25, 0.3) is 0 Å². The highest BCUT2D eigenvalue weighted by Gasteiger charge is 2.23. The van der Waals surface area contributed by atoms with E-state index in [4.69, 9.17) is 0 Å². The summed E-state index contributed by atoms with van der Waals surface area (Å²) in [4.78, 5) is 9.97. The van der Waals surface area contributed by atoms with Gasteiger partial charge in [0.2, 0.25) is 5.70 Å². The minimum Gasteiger partial charge on any atom is -0.259 e. The number of hydrogen-bond donors (Lipinski definition) is 0. The third-order valence-corrected chi connectivity index (χ3v) is 2.31. The van der Waals surface area contributed by atoms with Crippen molar-refractivity contribution in [1.29, 1.82) is 0 Å². The van der Waals surface area contributed by atoms with Gasteiger partial charge in [-0.3, -0.25) is 10.1 Å². The minimum atomic E-state index is -0.337. The van der Waals surface area contributed by atoms with E-state index in [1.54, 1.807) is 0 Å². The molecule has 1 aliphatic carbocycles. The first kappa shape index (κ1) is 8.24. The number of rotatable bonds is 2. The van der Waals surface area contributed by atoms with E-state index in [1.165, 1.54) is 6.42 Å². The Morgan fingerprint density at radius 1 is 1.36 bits per heavy atom. The lowest BCUT2D eigenvalue weighted by Gasteiger charge is -2.17. The summed E-state index contributed by atoms with van der Waals surface area (Å²) in [5, 5.41) is 10.3. The van der Waals surface area contributed by atoms with E-state index in [2.05, 4.69) is 6.58 Å². The van der Waals surface area contributed by atoms with Crippen LogP contribution < -0.4 is 0 Å². The zero-order valence-corrected chi connectivity index (χ0v) is 6.58. The maximum Gasteiger partial charge on any atom is 0.242 e. The lowest BCUT2D eigenvalue weighted by molar-refractivity contribution is -0.434. The molecule has 0 atom stereocenters. The molecular weight excluding hydrogens is 142 g/mol. The van der Waals surface area contributed by atoms with E-state index < -0.39 is 0 Å². The molecule has 1 rings (SSSR count). The molecule has 0 saturated heterocycles. The molecule has 0 amide bonds. The molecule has 0 aromatic heterocycles. The molecular formula is C8H13NO2. The minimum absolute atomic E-state index is 0.152. The molecule has 1 fully saturated rings. The van der Waals surface area contributed by atoms with Gasteiger partial charge in [-0.25, -0.2) is 0 Å². The smallest absolute Gasteiger partial charge is 0.242 e. The molecule has 3 heteroatoms. The van der Waals surface area contributed by atoms with E-state index in [-0.39, 0.29) is 16.5 Å². The van der Waals surface area contributed by atoms with Crippen molar-refractivity contribution in [2.75, 3.05) is 0 Å². The second-order valence-electron chi connectivity index (χ2n) is 3.08. The zero-order valence-electron chi connectivity index (χ0n) is 6.58. The van der Waals surface area contributed by atoms with Gasteiger partial charge < -0.3 is 0 Å². The molecule has 11 heavy (non-hydrogen) atoms. The van der Waals surface area contributed by atoms with Crippen LogP contribution in [0.5, 0.6) is 0 Å². The fourth-order valence-electron chi connectivity index (χ4n) is 1.58. The molecule has 3 nitrogen and oxygen atoms in total. The van der Waals surface area contributed by atoms with Crippen molar-refractivity contribution in [3.05, 3.63) is 22.4 Å². The van der Waals surface area contributed by atoms with Crippen LogP contribution in [0.3, 0.4) is 0 Å². The Hall–Kier alpha value is -0.860. The SMILES string of the molecule is C=C(C1CCCCC1)[N+](=O)[O-]. The molecule has 0 bridgehead atoms. The summed E-state index contributed by atoms with van der Waals surface area (Å²) in [6, 6.07) is 0. The molecule has 1 aliphatic rings. The summed E-state index contributed by atoms with van der Waals surface area (Å²) in [7, 11) is 0. The van der Waals surface area contributed by atoms with E-state index in [9.17, 15) is 10.1 Å². The standard InChI is InChI=1S/C8H13NO2/c1-7(9(10)11)8-5-3-2-4-6-8/h8H,1-6H2. The van der Waals surface area contributed by atoms with Crippen LogP contribution in [0.15, 0.2) is 12.3 Å². The van der Waals surface area contributed by atoms with Crippen LogP contribution in [0.4, 0.5) is 0 Å². The van der Waals surface area contributed by atoms with Crippen molar-refractivity contribution in [2.45, 2.75) is 32.1 Å². The second kappa shape index (κ2) is 3.51. The van der Waals surface area contributed by atoms with Crippen LogP contribution in [-0.2, 0) is 0 Å². The quantitative estimate of drug-likeness (QED) is 0.453.